The number of hydrogen-bond acceptors (Lipinski definition) is 4. The van der Waals surface area contributed by atoms with Gasteiger partial charge in [-0.3, -0.25) is 9.48 Å². The molecule has 0 aliphatic carbocycles. The van der Waals surface area contributed by atoms with Crippen LogP contribution in [0.2, 0.25) is 0 Å². The van der Waals surface area contributed by atoms with E-state index in [2.05, 4.69) is 15.5 Å². The Labute approximate surface area is 159 Å². The van der Waals surface area contributed by atoms with Crippen LogP contribution in [0.3, 0.4) is 0 Å². The summed E-state index contributed by atoms with van der Waals surface area (Å²) in [5.74, 6) is -1.43. The number of aryl methyl sites for hydroxylation is 2. The van der Waals surface area contributed by atoms with E-state index >= 15 is 0 Å². The van der Waals surface area contributed by atoms with Crippen molar-refractivity contribution in [2.45, 2.75) is 6.92 Å². The topological polar surface area (TPSA) is 88.5 Å². The lowest BCUT2D eigenvalue weighted by Crippen LogP contribution is -2.16. The fourth-order valence-corrected chi connectivity index (χ4v) is 3.05. The summed E-state index contributed by atoms with van der Waals surface area (Å²) in [5.41, 5.74) is 2.19. The first kappa shape index (κ1) is 17.4. The number of halogens is 1. The molecule has 0 atom stereocenters. The second-order valence-electron chi connectivity index (χ2n) is 6.39. The van der Waals surface area contributed by atoms with Crippen LogP contribution in [0.15, 0.2) is 48.9 Å². The average molecular weight is 374 g/mol. The molecule has 0 radical (unpaired) electrons. The third-order valence-corrected chi connectivity index (χ3v) is 4.46. The van der Waals surface area contributed by atoms with E-state index in [1.54, 1.807) is 52.9 Å². The molecule has 0 saturated carbocycles. The molecule has 2 aromatic heterocycles. The Morgan fingerprint density at radius 3 is 2.75 bits per heavy atom. The third kappa shape index (κ3) is 2.89. The second kappa shape index (κ2) is 6.63. The number of carbonyl (C=O) groups is 1. The largest absolute Gasteiger partial charge is 0.322 e. The maximum absolute atomic E-state index is 14.5. The first-order valence-electron chi connectivity index (χ1n) is 8.45. The van der Waals surface area contributed by atoms with Crippen molar-refractivity contribution in [3.05, 3.63) is 71.4 Å². The molecule has 0 unspecified atom stereocenters. The number of carbonyl (C=O) groups excluding carboxylic acids is 1. The molecule has 1 N–H and O–H groups in total. The van der Waals surface area contributed by atoms with Crippen molar-refractivity contribution in [2.75, 3.05) is 5.32 Å². The first-order valence-corrected chi connectivity index (χ1v) is 8.45. The molecule has 0 bridgehead atoms. The van der Waals surface area contributed by atoms with Crippen LogP contribution in [0.1, 0.15) is 21.5 Å². The molecule has 28 heavy (non-hydrogen) atoms. The van der Waals surface area contributed by atoms with Crippen LogP contribution in [0.4, 0.5) is 10.1 Å². The lowest BCUT2D eigenvalue weighted by molar-refractivity contribution is 0.102. The zero-order valence-electron chi connectivity index (χ0n) is 15.1. The maximum atomic E-state index is 14.5. The molecule has 4 rings (SSSR count). The van der Waals surface area contributed by atoms with Gasteiger partial charge in [-0.1, -0.05) is 6.07 Å². The highest BCUT2D eigenvalue weighted by Crippen LogP contribution is 2.24. The molecule has 0 aliphatic rings. The fourth-order valence-electron chi connectivity index (χ4n) is 3.05. The normalized spacial score (nSPS) is 10.8. The van der Waals surface area contributed by atoms with Crippen molar-refractivity contribution in [1.29, 1.82) is 5.26 Å². The second-order valence-corrected chi connectivity index (χ2v) is 6.39. The third-order valence-electron chi connectivity index (χ3n) is 4.46. The summed E-state index contributed by atoms with van der Waals surface area (Å²) in [6.07, 6.45) is 5.22. The van der Waals surface area contributed by atoms with Gasteiger partial charge >= 0.3 is 0 Å². The maximum Gasteiger partial charge on any atom is 0.258 e. The number of amides is 1. The first-order chi connectivity index (χ1) is 13.5. The summed E-state index contributed by atoms with van der Waals surface area (Å²) in [6, 6.07) is 9.97. The van der Waals surface area contributed by atoms with Gasteiger partial charge in [0.1, 0.15) is 11.8 Å². The predicted octanol–water partition coefficient (Wildman–Crippen LogP) is 3.33. The lowest BCUT2D eigenvalue weighted by atomic mass is 10.0. The van der Waals surface area contributed by atoms with E-state index in [1.165, 1.54) is 6.07 Å². The summed E-state index contributed by atoms with van der Waals surface area (Å²) in [7, 11) is 1.81. The van der Waals surface area contributed by atoms with Gasteiger partial charge in [0.05, 0.1) is 35.2 Å². The summed E-state index contributed by atoms with van der Waals surface area (Å²) >= 11 is 0. The summed E-state index contributed by atoms with van der Waals surface area (Å²) in [4.78, 5) is 12.7. The van der Waals surface area contributed by atoms with E-state index in [-0.39, 0.29) is 11.1 Å². The highest BCUT2D eigenvalue weighted by atomic mass is 19.1. The van der Waals surface area contributed by atoms with E-state index in [4.69, 9.17) is 5.26 Å². The molecule has 8 heteroatoms. The van der Waals surface area contributed by atoms with Gasteiger partial charge in [0.2, 0.25) is 0 Å². The minimum Gasteiger partial charge on any atom is -0.322 e. The van der Waals surface area contributed by atoms with Crippen LogP contribution in [-0.4, -0.2) is 25.5 Å². The Balaban J connectivity index is 1.71. The van der Waals surface area contributed by atoms with Gasteiger partial charge < -0.3 is 5.32 Å². The summed E-state index contributed by atoms with van der Waals surface area (Å²) in [6.45, 7) is 1.62. The lowest BCUT2D eigenvalue weighted by Gasteiger charge is -2.10. The quantitative estimate of drug-likeness (QED) is 0.596. The molecule has 1 amide bonds. The number of nitriles is 1. The van der Waals surface area contributed by atoms with Crippen LogP contribution in [0.25, 0.3) is 16.6 Å². The molecular weight excluding hydrogens is 359 g/mol. The average Bonchev–Trinajstić information content (AvgIpc) is 3.27. The number of rotatable bonds is 3. The zero-order chi connectivity index (χ0) is 19.8. The standard InChI is InChI=1S/C20H15FN6O/c1-12-3-4-13(8-22)19(21)18(12)20(28)25-15-6-5-14-9-24-27(17(14)7-15)16-10-23-26(2)11-16/h3-7,9-11H,1-2H3,(H,25,28). The molecule has 4 aromatic rings. The van der Waals surface area contributed by atoms with Crippen molar-refractivity contribution < 1.29 is 9.18 Å². The van der Waals surface area contributed by atoms with Crippen LogP contribution >= 0.6 is 0 Å². The van der Waals surface area contributed by atoms with Gasteiger partial charge in [0.15, 0.2) is 5.82 Å². The van der Waals surface area contributed by atoms with Crippen molar-refractivity contribution in [3.8, 4) is 11.8 Å². The number of nitrogens with one attached hydrogen (secondary N) is 1. The number of hydrogen-bond donors (Lipinski definition) is 1. The Morgan fingerprint density at radius 2 is 2.04 bits per heavy atom. The summed E-state index contributed by atoms with van der Waals surface area (Å²) in [5, 5.41) is 21.1. The minimum absolute atomic E-state index is 0.139. The smallest absolute Gasteiger partial charge is 0.258 e. The van der Waals surface area contributed by atoms with Crippen molar-refractivity contribution >= 4 is 22.5 Å². The molecule has 7 nitrogen and oxygen atoms in total. The Morgan fingerprint density at radius 1 is 1.21 bits per heavy atom. The molecular formula is C20H15FN6O. The van der Waals surface area contributed by atoms with Crippen molar-refractivity contribution in [1.82, 2.24) is 19.6 Å². The van der Waals surface area contributed by atoms with E-state index in [1.807, 2.05) is 19.3 Å². The van der Waals surface area contributed by atoms with Crippen LogP contribution in [-0.2, 0) is 7.05 Å². The van der Waals surface area contributed by atoms with Gasteiger partial charge in [-0.25, -0.2) is 9.07 Å². The van der Waals surface area contributed by atoms with E-state index < -0.39 is 11.7 Å². The number of aromatic nitrogens is 4. The van der Waals surface area contributed by atoms with Crippen LogP contribution in [0.5, 0.6) is 0 Å². The Hall–Kier alpha value is -3.99. The number of fused-ring (bicyclic) bond motifs is 1. The molecule has 0 fully saturated rings. The van der Waals surface area contributed by atoms with E-state index in [0.717, 1.165) is 16.6 Å². The number of anilines is 1. The Kier molecular flexibility index (Phi) is 4.12. The molecule has 2 heterocycles. The van der Waals surface area contributed by atoms with E-state index in [9.17, 15) is 9.18 Å². The molecule has 2 aromatic carbocycles. The van der Waals surface area contributed by atoms with Gasteiger partial charge in [0.25, 0.3) is 5.91 Å². The minimum atomic E-state index is -0.818. The fraction of sp³-hybridized carbons (Fsp3) is 0.100. The van der Waals surface area contributed by atoms with Crippen LogP contribution < -0.4 is 5.32 Å². The van der Waals surface area contributed by atoms with Gasteiger partial charge in [-0.05, 0) is 36.8 Å². The highest BCUT2D eigenvalue weighted by molar-refractivity contribution is 6.06. The molecule has 0 aliphatic heterocycles. The highest BCUT2D eigenvalue weighted by Gasteiger charge is 2.19. The summed E-state index contributed by atoms with van der Waals surface area (Å²) < 4.78 is 17.8. The number of benzene rings is 2. The van der Waals surface area contributed by atoms with Gasteiger partial charge in [-0.15, -0.1) is 0 Å². The van der Waals surface area contributed by atoms with Gasteiger partial charge in [-0.2, -0.15) is 15.5 Å². The number of nitrogens with zero attached hydrogens (tertiary/aromatic N) is 5. The van der Waals surface area contributed by atoms with Crippen molar-refractivity contribution in [3.63, 3.8) is 0 Å². The van der Waals surface area contributed by atoms with Gasteiger partial charge in [0, 0.05) is 18.1 Å². The SMILES string of the molecule is Cc1ccc(C#N)c(F)c1C(=O)Nc1ccc2cnn(-c3cnn(C)c3)c2c1. The predicted molar refractivity (Wildman–Crippen MR) is 102 cm³/mol. The van der Waals surface area contributed by atoms with Crippen molar-refractivity contribution in [2.24, 2.45) is 7.05 Å². The molecule has 138 valence electrons. The van der Waals surface area contributed by atoms with E-state index in [0.29, 0.717) is 11.3 Å². The monoisotopic (exact) mass is 374 g/mol. The Bertz CT molecular complexity index is 1260. The van der Waals surface area contributed by atoms with Crippen LogP contribution in [0, 0.1) is 24.1 Å². The zero-order valence-corrected chi connectivity index (χ0v) is 15.1. The molecule has 0 saturated heterocycles. The molecule has 0 spiro atoms.